The maximum atomic E-state index is 14.5. The molecule has 5 rings (SSSR count). The Bertz CT molecular complexity index is 547. The largest absolute Gasteiger partial charge is 0.477 e. The molecule has 5 aliphatic rings. The molecule has 0 amide bonds. The molecule has 4 bridgehead atoms. The molecule has 0 radical (unpaired) electrons. The van der Waals surface area contributed by atoms with Gasteiger partial charge in [0.25, 0.3) is 0 Å². The number of rotatable bonds is 5. The molecular formula is C20H28F2O4. The van der Waals surface area contributed by atoms with Gasteiger partial charge in [0.1, 0.15) is 0 Å². The van der Waals surface area contributed by atoms with Crippen LogP contribution in [0.1, 0.15) is 70.6 Å². The lowest BCUT2D eigenvalue weighted by Gasteiger charge is -2.55. The summed E-state index contributed by atoms with van der Waals surface area (Å²) in [5.74, 6) is -5.82. The van der Waals surface area contributed by atoms with E-state index in [4.69, 9.17) is 9.84 Å². The number of carbonyl (C=O) groups excluding carboxylic acids is 1. The minimum atomic E-state index is -4.03. The predicted octanol–water partition coefficient (Wildman–Crippen LogP) is 4.41. The Morgan fingerprint density at radius 3 is 1.92 bits per heavy atom. The van der Waals surface area contributed by atoms with Crippen molar-refractivity contribution in [2.75, 3.05) is 0 Å². The lowest BCUT2D eigenvalue weighted by molar-refractivity contribution is -0.214. The van der Waals surface area contributed by atoms with E-state index in [9.17, 15) is 18.4 Å². The fraction of sp³-hybridized carbons (Fsp3) is 0.900. The maximum absolute atomic E-state index is 14.5. The number of carboxylic acids is 1. The number of alkyl halides is 2. The Balaban J connectivity index is 1.55. The second-order valence-electron chi connectivity index (χ2n) is 9.35. The molecule has 0 aromatic rings. The summed E-state index contributed by atoms with van der Waals surface area (Å²) in [5, 5.41) is 9.05. The van der Waals surface area contributed by atoms with Crippen molar-refractivity contribution in [2.24, 2.45) is 29.1 Å². The van der Waals surface area contributed by atoms with Crippen LogP contribution in [0.3, 0.4) is 0 Å². The van der Waals surface area contributed by atoms with E-state index >= 15 is 0 Å². The third kappa shape index (κ3) is 3.03. The molecular weight excluding hydrogens is 342 g/mol. The van der Waals surface area contributed by atoms with Crippen LogP contribution in [-0.4, -0.2) is 29.1 Å². The van der Waals surface area contributed by atoms with E-state index in [0.717, 1.165) is 57.8 Å². The van der Waals surface area contributed by atoms with E-state index < -0.39 is 35.3 Å². The minimum absolute atomic E-state index is 0.502. The second kappa shape index (κ2) is 6.45. The third-order valence-electron chi connectivity index (χ3n) is 7.43. The van der Waals surface area contributed by atoms with Crippen molar-refractivity contribution in [1.82, 2.24) is 0 Å². The van der Waals surface area contributed by atoms with Gasteiger partial charge in [0.05, 0.1) is 5.41 Å². The molecule has 5 aliphatic carbocycles. The first kappa shape index (κ1) is 18.2. The number of hydrogen-bond acceptors (Lipinski definition) is 3. The lowest BCUT2D eigenvalue weighted by Crippen LogP contribution is -2.54. The van der Waals surface area contributed by atoms with Crippen LogP contribution in [0.5, 0.6) is 0 Å². The molecule has 146 valence electrons. The highest BCUT2D eigenvalue weighted by Crippen LogP contribution is 2.60. The monoisotopic (exact) mass is 370 g/mol. The van der Waals surface area contributed by atoms with Gasteiger partial charge in [-0.05, 0) is 69.1 Å². The average Bonchev–Trinajstić information content (AvgIpc) is 2.58. The Labute approximate surface area is 152 Å². The standard InChI is InChI=1S/C20H28F2O4/c21-20(22,17(23)24)16(15-4-2-1-3-5-15)26-18(25)19-9-12-6-13(10-19)8-14(7-12)11-19/h12-16H,1-11H2,(H,23,24). The van der Waals surface area contributed by atoms with Crippen LogP contribution in [0.15, 0.2) is 0 Å². The highest BCUT2D eigenvalue weighted by molar-refractivity contribution is 5.80. The first-order valence-electron chi connectivity index (χ1n) is 10.1. The van der Waals surface area contributed by atoms with Gasteiger partial charge in [0, 0.05) is 5.92 Å². The normalized spacial score (nSPS) is 38.2. The zero-order valence-electron chi connectivity index (χ0n) is 15.1. The van der Waals surface area contributed by atoms with Crippen LogP contribution in [0.4, 0.5) is 8.78 Å². The van der Waals surface area contributed by atoms with Crippen molar-refractivity contribution < 1.29 is 28.2 Å². The predicted molar refractivity (Wildman–Crippen MR) is 89.6 cm³/mol. The Hall–Kier alpha value is -1.20. The van der Waals surface area contributed by atoms with E-state index in [1.807, 2.05) is 0 Å². The van der Waals surface area contributed by atoms with Crippen molar-refractivity contribution in [3.05, 3.63) is 0 Å². The van der Waals surface area contributed by atoms with E-state index in [-0.39, 0.29) is 0 Å². The van der Waals surface area contributed by atoms with Crippen LogP contribution in [0.25, 0.3) is 0 Å². The van der Waals surface area contributed by atoms with Crippen LogP contribution in [0, 0.1) is 29.1 Å². The summed E-state index contributed by atoms with van der Waals surface area (Å²) in [4.78, 5) is 24.3. The summed E-state index contributed by atoms with van der Waals surface area (Å²) in [6.07, 6.45) is 7.32. The van der Waals surface area contributed by atoms with Crippen molar-refractivity contribution in [3.8, 4) is 0 Å². The van der Waals surface area contributed by atoms with Crippen LogP contribution in [-0.2, 0) is 14.3 Å². The Morgan fingerprint density at radius 2 is 1.46 bits per heavy atom. The van der Waals surface area contributed by atoms with Gasteiger partial charge in [-0.3, -0.25) is 4.79 Å². The third-order valence-corrected chi connectivity index (χ3v) is 7.43. The first-order valence-corrected chi connectivity index (χ1v) is 10.1. The van der Waals surface area contributed by atoms with Crippen molar-refractivity contribution in [2.45, 2.75) is 82.7 Å². The smallest absolute Gasteiger partial charge is 0.378 e. The Kier molecular flexibility index (Phi) is 4.51. The quantitative estimate of drug-likeness (QED) is 0.728. The zero-order chi connectivity index (χ0) is 18.5. The van der Waals surface area contributed by atoms with Crippen LogP contribution >= 0.6 is 0 Å². The van der Waals surface area contributed by atoms with E-state index in [1.54, 1.807) is 0 Å². The van der Waals surface area contributed by atoms with Gasteiger partial charge < -0.3 is 9.84 Å². The van der Waals surface area contributed by atoms with Gasteiger partial charge in [-0.1, -0.05) is 19.3 Å². The molecule has 0 saturated heterocycles. The number of aliphatic carboxylic acids is 1. The molecule has 5 fully saturated rings. The topological polar surface area (TPSA) is 63.6 Å². The van der Waals surface area contributed by atoms with Crippen molar-refractivity contribution >= 4 is 11.9 Å². The zero-order valence-corrected chi connectivity index (χ0v) is 15.1. The summed E-state index contributed by atoms with van der Waals surface area (Å²) in [6, 6.07) is 0. The minimum Gasteiger partial charge on any atom is -0.477 e. The van der Waals surface area contributed by atoms with E-state index in [1.165, 1.54) is 0 Å². The molecule has 0 aromatic carbocycles. The van der Waals surface area contributed by atoms with E-state index in [0.29, 0.717) is 30.6 Å². The molecule has 26 heavy (non-hydrogen) atoms. The van der Waals surface area contributed by atoms with Gasteiger partial charge in [0.2, 0.25) is 0 Å². The van der Waals surface area contributed by atoms with Crippen molar-refractivity contribution in [3.63, 3.8) is 0 Å². The highest BCUT2D eigenvalue weighted by Gasteiger charge is 2.59. The molecule has 0 aromatic heterocycles. The summed E-state index contributed by atoms with van der Waals surface area (Å²) >= 11 is 0. The molecule has 1 N–H and O–H groups in total. The lowest BCUT2D eigenvalue weighted by atomic mass is 9.49. The first-order chi connectivity index (χ1) is 12.3. The summed E-state index contributed by atoms with van der Waals surface area (Å²) in [6.45, 7) is 0. The van der Waals surface area contributed by atoms with E-state index in [2.05, 4.69) is 0 Å². The van der Waals surface area contributed by atoms with Gasteiger partial charge in [-0.15, -0.1) is 0 Å². The molecule has 0 spiro atoms. The summed E-state index contributed by atoms with van der Waals surface area (Å²) in [5.41, 5.74) is -0.643. The number of esters is 1. The van der Waals surface area contributed by atoms with Gasteiger partial charge >= 0.3 is 17.9 Å². The van der Waals surface area contributed by atoms with Gasteiger partial charge in [-0.25, -0.2) is 4.79 Å². The number of hydrogen-bond donors (Lipinski definition) is 1. The molecule has 4 nitrogen and oxygen atoms in total. The number of carbonyl (C=O) groups is 2. The molecule has 6 heteroatoms. The molecule has 1 atom stereocenters. The fourth-order valence-electron chi connectivity index (χ4n) is 6.63. The molecule has 0 aliphatic heterocycles. The second-order valence-corrected chi connectivity index (χ2v) is 9.35. The highest BCUT2D eigenvalue weighted by atomic mass is 19.3. The van der Waals surface area contributed by atoms with Gasteiger partial charge in [0.15, 0.2) is 6.10 Å². The molecule has 1 unspecified atom stereocenters. The summed E-state index contributed by atoms with van der Waals surface area (Å²) in [7, 11) is 0. The fourth-order valence-corrected chi connectivity index (χ4v) is 6.63. The number of carboxylic acid groups (broad SMARTS) is 1. The average molecular weight is 370 g/mol. The Morgan fingerprint density at radius 1 is 0.962 bits per heavy atom. The van der Waals surface area contributed by atoms with Gasteiger partial charge in [-0.2, -0.15) is 8.78 Å². The molecule has 5 saturated carbocycles. The molecule has 0 heterocycles. The number of ether oxygens (including phenoxy) is 1. The van der Waals surface area contributed by atoms with Crippen LogP contribution in [0.2, 0.25) is 0 Å². The SMILES string of the molecule is O=C(OC(C1CCCCC1)C(F)(F)C(=O)O)C12CC3CC(CC(C3)C1)C2. The summed E-state index contributed by atoms with van der Waals surface area (Å²) < 4.78 is 34.3. The number of halogens is 2. The van der Waals surface area contributed by atoms with Crippen LogP contribution < -0.4 is 0 Å². The van der Waals surface area contributed by atoms with Crippen molar-refractivity contribution in [1.29, 1.82) is 0 Å². The maximum Gasteiger partial charge on any atom is 0.378 e.